The lowest BCUT2D eigenvalue weighted by atomic mass is 10.0. The van der Waals surface area contributed by atoms with E-state index in [0.717, 1.165) is 33.6 Å². The molecule has 0 aliphatic carbocycles. The summed E-state index contributed by atoms with van der Waals surface area (Å²) >= 11 is 0. The molecule has 0 atom stereocenters. The second-order valence-corrected chi connectivity index (χ2v) is 7.96. The number of nitrogens with one attached hydrogen (secondary N) is 1. The molecule has 3 aromatic rings. The van der Waals surface area contributed by atoms with Crippen LogP contribution in [0.25, 0.3) is 0 Å². The van der Waals surface area contributed by atoms with Gasteiger partial charge in [0.1, 0.15) is 5.84 Å². The van der Waals surface area contributed by atoms with E-state index in [-0.39, 0.29) is 5.56 Å². The maximum Gasteiger partial charge on any atom is 0.336 e. The van der Waals surface area contributed by atoms with Gasteiger partial charge in [0.05, 0.1) is 11.3 Å². The molecule has 0 aliphatic rings. The zero-order valence-corrected chi connectivity index (χ0v) is 18.4. The number of aliphatic imine (C=N–C) groups is 1. The summed E-state index contributed by atoms with van der Waals surface area (Å²) in [5.74, 6) is -0.451. The van der Waals surface area contributed by atoms with Crippen LogP contribution < -0.4 is 5.32 Å². The summed E-state index contributed by atoms with van der Waals surface area (Å²) in [5.41, 5.74) is 9.22. The average molecular weight is 401 g/mol. The van der Waals surface area contributed by atoms with Crippen LogP contribution in [0.5, 0.6) is 0 Å². The molecule has 0 saturated carbocycles. The van der Waals surface area contributed by atoms with Crippen LogP contribution in [0.2, 0.25) is 0 Å². The fourth-order valence-corrected chi connectivity index (χ4v) is 3.99. The number of hydrogen-bond donors (Lipinski definition) is 2. The van der Waals surface area contributed by atoms with Gasteiger partial charge in [0.25, 0.3) is 0 Å². The van der Waals surface area contributed by atoms with Gasteiger partial charge in [-0.25, -0.2) is 9.79 Å². The Hall–Kier alpha value is -3.40. The number of anilines is 1. The van der Waals surface area contributed by atoms with Crippen molar-refractivity contribution < 1.29 is 9.90 Å². The van der Waals surface area contributed by atoms with Crippen LogP contribution in [0.1, 0.15) is 49.3 Å². The molecular formula is C26H28N2O2. The Bertz CT molecular complexity index is 1110. The predicted octanol–water partition coefficient (Wildman–Crippen LogP) is 6.43. The number of aryl methyl sites for hydroxylation is 6. The van der Waals surface area contributed by atoms with Gasteiger partial charge in [0.2, 0.25) is 0 Å². The van der Waals surface area contributed by atoms with Gasteiger partial charge >= 0.3 is 5.97 Å². The molecule has 0 fully saturated rings. The number of aromatic carboxylic acids is 1. The molecule has 0 amide bonds. The molecule has 0 radical (unpaired) electrons. The number of carboxylic acid groups (broad SMARTS) is 1. The van der Waals surface area contributed by atoms with Crippen molar-refractivity contribution >= 4 is 23.2 Å². The van der Waals surface area contributed by atoms with E-state index in [1.165, 1.54) is 11.1 Å². The lowest BCUT2D eigenvalue weighted by molar-refractivity contribution is 0.0696. The van der Waals surface area contributed by atoms with E-state index in [1.54, 1.807) is 18.2 Å². The summed E-state index contributed by atoms with van der Waals surface area (Å²) in [6.45, 7) is 12.3. The number of nitrogens with zero attached hydrogens (tertiary/aromatic N) is 1. The summed E-state index contributed by atoms with van der Waals surface area (Å²) in [4.78, 5) is 16.9. The zero-order chi connectivity index (χ0) is 22.0. The fraction of sp³-hybridized carbons (Fsp3) is 0.231. The van der Waals surface area contributed by atoms with E-state index < -0.39 is 5.97 Å². The molecule has 3 aromatic carbocycles. The standard InChI is InChI=1S/C26H28N2O2/c1-15-11-17(3)23(18(4)12-15)27-25(21-9-7-8-10-22(21)26(29)30)28-24-19(5)13-16(2)14-20(24)6/h7-14H,1-6H3,(H,27,28)(H,29,30). The first kappa shape index (κ1) is 21.3. The molecule has 2 N–H and O–H groups in total. The summed E-state index contributed by atoms with van der Waals surface area (Å²) in [6, 6.07) is 15.4. The molecule has 0 aromatic heterocycles. The Morgan fingerprint density at radius 2 is 1.23 bits per heavy atom. The minimum Gasteiger partial charge on any atom is -0.478 e. The first-order valence-corrected chi connectivity index (χ1v) is 10.0. The number of benzene rings is 3. The van der Waals surface area contributed by atoms with E-state index in [1.807, 2.05) is 33.8 Å². The van der Waals surface area contributed by atoms with Gasteiger partial charge in [-0.05, 0) is 69.9 Å². The van der Waals surface area contributed by atoms with E-state index in [2.05, 4.69) is 43.4 Å². The topological polar surface area (TPSA) is 61.7 Å². The highest BCUT2D eigenvalue weighted by atomic mass is 16.4. The molecule has 0 unspecified atom stereocenters. The molecule has 4 nitrogen and oxygen atoms in total. The third kappa shape index (κ3) is 4.43. The Morgan fingerprint density at radius 1 is 0.767 bits per heavy atom. The van der Waals surface area contributed by atoms with Crippen LogP contribution in [0.4, 0.5) is 11.4 Å². The number of amidine groups is 1. The first-order chi connectivity index (χ1) is 14.2. The highest BCUT2D eigenvalue weighted by Crippen LogP contribution is 2.29. The van der Waals surface area contributed by atoms with Gasteiger partial charge in [-0.3, -0.25) is 0 Å². The van der Waals surface area contributed by atoms with Crippen molar-refractivity contribution in [1.82, 2.24) is 0 Å². The van der Waals surface area contributed by atoms with E-state index in [9.17, 15) is 9.90 Å². The van der Waals surface area contributed by atoms with Crippen molar-refractivity contribution in [2.45, 2.75) is 41.5 Å². The van der Waals surface area contributed by atoms with Gasteiger partial charge in [-0.2, -0.15) is 0 Å². The molecule has 0 bridgehead atoms. The molecule has 0 heterocycles. The first-order valence-electron chi connectivity index (χ1n) is 10.0. The Kier molecular flexibility index (Phi) is 6.06. The molecule has 30 heavy (non-hydrogen) atoms. The van der Waals surface area contributed by atoms with Crippen molar-refractivity contribution in [3.63, 3.8) is 0 Å². The second-order valence-electron chi connectivity index (χ2n) is 7.96. The highest BCUT2D eigenvalue weighted by Gasteiger charge is 2.17. The SMILES string of the molecule is Cc1cc(C)c(N=C(Nc2c(C)cc(C)cc2C)c2ccccc2C(=O)O)c(C)c1. The van der Waals surface area contributed by atoms with Crippen molar-refractivity contribution in [2.24, 2.45) is 4.99 Å². The van der Waals surface area contributed by atoms with E-state index in [4.69, 9.17) is 4.99 Å². The summed E-state index contributed by atoms with van der Waals surface area (Å²) < 4.78 is 0. The number of hydrogen-bond acceptors (Lipinski definition) is 2. The lowest BCUT2D eigenvalue weighted by Crippen LogP contribution is -2.19. The van der Waals surface area contributed by atoms with Crippen molar-refractivity contribution in [3.05, 3.63) is 93.0 Å². The minimum absolute atomic E-state index is 0.216. The maximum atomic E-state index is 11.9. The third-order valence-electron chi connectivity index (χ3n) is 5.19. The van der Waals surface area contributed by atoms with E-state index >= 15 is 0 Å². The zero-order valence-electron chi connectivity index (χ0n) is 18.4. The Balaban J connectivity index is 2.25. The maximum absolute atomic E-state index is 11.9. The van der Waals surface area contributed by atoms with Gasteiger partial charge in [-0.15, -0.1) is 0 Å². The largest absolute Gasteiger partial charge is 0.478 e. The predicted molar refractivity (Wildman–Crippen MR) is 125 cm³/mol. The molecule has 0 spiro atoms. The smallest absolute Gasteiger partial charge is 0.336 e. The molecular weight excluding hydrogens is 372 g/mol. The molecule has 0 saturated heterocycles. The quantitative estimate of drug-likeness (QED) is 0.392. The molecule has 154 valence electrons. The van der Waals surface area contributed by atoms with Crippen LogP contribution in [-0.4, -0.2) is 16.9 Å². The molecule has 0 aliphatic heterocycles. The molecule has 4 heteroatoms. The van der Waals surface area contributed by atoms with E-state index in [0.29, 0.717) is 11.4 Å². The second kappa shape index (κ2) is 8.54. The Morgan fingerprint density at radius 3 is 1.73 bits per heavy atom. The molecule has 3 rings (SSSR count). The fourth-order valence-electron chi connectivity index (χ4n) is 3.99. The third-order valence-corrected chi connectivity index (χ3v) is 5.19. The average Bonchev–Trinajstić information content (AvgIpc) is 2.65. The number of rotatable bonds is 4. The summed E-state index contributed by atoms with van der Waals surface area (Å²) in [7, 11) is 0. The van der Waals surface area contributed by atoms with Crippen LogP contribution in [-0.2, 0) is 0 Å². The van der Waals surface area contributed by atoms with Crippen molar-refractivity contribution in [2.75, 3.05) is 5.32 Å². The minimum atomic E-state index is -0.977. The number of carboxylic acids is 1. The van der Waals surface area contributed by atoms with Crippen molar-refractivity contribution in [1.29, 1.82) is 0 Å². The van der Waals surface area contributed by atoms with Crippen LogP contribution >= 0.6 is 0 Å². The lowest BCUT2D eigenvalue weighted by Gasteiger charge is -2.18. The van der Waals surface area contributed by atoms with Crippen molar-refractivity contribution in [3.8, 4) is 0 Å². The summed E-state index contributed by atoms with van der Waals surface area (Å²) in [6.07, 6.45) is 0. The van der Waals surface area contributed by atoms with Gasteiger partial charge in [-0.1, -0.05) is 53.6 Å². The monoisotopic (exact) mass is 400 g/mol. The number of carbonyl (C=O) groups is 1. The van der Waals surface area contributed by atoms with Crippen LogP contribution in [0.15, 0.2) is 53.5 Å². The highest BCUT2D eigenvalue weighted by molar-refractivity contribution is 6.15. The van der Waals surface area contributed by atoms with Gasteiger partial charge in [0, 0.05) is 11.3 Å². The summed E-state index contributed by atoms with van der Waals surface area (Å²) in [5, 5.41) is 13.2. The van der Waals surface area contributed by atoms with Crippen LogP contribution in [0.3, 0.4) is 0 Å². The van der Waals surface area contributed by atoms with Gasteiger partial charge in [0.15, 0.2) is 0 Å². The normalized spacial score (nSPS) is 11.5. The Labute approximate surface area is 178 Å². The van der Waals surface area contributed by atoms with Crippen LogP contribution in [0, 0.1) is 41.5 Å². The van der Waals surface area contributed by atoms with Gasteiger partial charge < -0.3 is 10.4 Å².